The third-order valence-electron chi connectivity index (χ3n) is 2.51. The van der Waals surface area contributed by atoms with E-state index in [1.54, 1.807) is 17.9 Å². The first-order chi connectivity index (χ1) is 7.51. The molecule has 88 valence electrons. The van der Waals surface area contributed by atoms with Gasteiger partial charge in [-0.1, -0.05) is 0 Å². The summed E-state index contributed by atoms with van der Waals surface area (Å²) in [7, 11) is 0. The lowest BCUT2D eigenvalue weighted by molar-refractivity contribution is -0.613. The van der Waals surface area contributed by atoms with Gasteiger partial charge in [-0.05, 0) is 35.8 Å². The van der Waals surface area contributed by atoms with E-state index in [0.29, 0.717) is 33.6 Å². The maximum absolute atomic E-state index is 12.0. The number of pyridine rings is 1. The van der Waals surface area contributed by atoms with Crippen LogP contribution in [0.25, 0.3) is 0 Å². The lowest BCUT2D eigenvalue weighted by atomic mass is 10.2. The fourth-order valence-electron chi connectivity index (χ4n) is 1.42. The quantitative estimate of drug-likeness (QED) is 0.629. The smallest absolute Gasteiger partial charge is 0.259 e. The molecule has 0 N–H and O–H groups in total. The largest absolute Gasteiger partial charge is 0.618 e. The molecule has 4 nitrogen and oxygen atoms in total. The van der Waals surface area contributed by atoms with Crippen LogP contribution in [0.5, 0.6) is 0 Å². The van der Waals surface area contributed by atoms with Gasteiger partial charge < -0.3 is 10.1 Å². The number of amides is 1. The first-order valence-electron chi connectivity index (χ1n) is 5.19. The van der Waals surface area contributed by atoms with Gasteiger partial charge in [0, 0.05) is 20.0 Å². The Hall–Kier alpha value is -1.10. The normalized spacial score (nSPS) is 10.2. The van der Waals surface area contributed by atoms with Crippen LogP contribution in [0.3, 0.4) is 0 Å². The zero-order chi connectivity index (χ0) is 12.3. The molecule has 0 fully saturated rings. The maximum Gasteiger partial charge on any atom is 0.259 e. The van der Waals surface area contributed by atoms with Crippen molar-refractivity contribution in [2.24, 2.45) is 0 Å². The van der Waals surface area contributed by atoms with Crippen molar-refractivity contribution in [1.29, 1.82) is 0 Å². The molecule has 1 aromatic rings. The van der Waals surface area contributed by atoms with Crippen molar-refractivity contribution in [2.45, 2.75) is 20.8 Å². The van der Waals surface area contributed by atoms with E-state index >= 15 is 0 Å². The van der Waals surface area contributed by atoms with Crippen LogP contribution in [0.15, 0.2) is 16.7 Å². The van der Waals surface area contributed by atoms with Crippen molar-refractivity contribution >= 4 is 21.8 Å². The van der Waals surface area contributed by atoms with Crippen LogP contribution in [-0.4, -0.2) is 23.9 Å². The average Bonchev–Trinajstić information content (AvgIpc) is 2.26. The monoisotopic (exact) mass is 286 g/mol. The highest BCUT2D eigenvalue weighted by Gasteiger charge is 2.17. The van der Waals surface area contributed by atoms with Gasteiger partial charge in [-0.15, -0.1) is 0 Å². The van der Waals surface area contributed by atoms with E-state index in [0.717, 1.165) is 0 Å². The van der Waals surface area contributed by atoms with Crippen LogP contribution < -0.4 is 4.73 Å². The fraction of sp³-hybridized carbons (Fsp3) is 0.455. The lowest BCUT2D eigenvalue weighted by Crippen LogP contribution is -2.35. The highest BCUT2D eigenvalue weighted by molar-refractivity contribution is 9.10. The number of carbonyl (C=O) groups is 1. The van der Waals surface area contributed by atoms with Crippen LogP contribution in [0.2, 0.25) is 0 Å². The number of rotatable bonds is 3. The molecule has 0 saturated heterocycles. The van der Waals surface area contributed by atoms with E-state index in [4.69, 9.17) is 0 Å². The SMILES string of the molecule is CCN(CC)C(=O)c1cc(Br)c(C)[n+]([O-])c1. The van der Waals surface area contributed by atoms with E-state index in [9.17, 15) is 10.0 Å². The summed E-state index contributed by atoms with van der Waals surface area (Å²) < 4.78 is 1.36. The van der Waals surface area contributed by atoms with Gasteiger partial charge in [-0.3, -0.25) is 4.79 Å². The Balaban J connectivity index is 3.10. The molecular formula is C11H15BrN2O2. The molecule has 0 aliphatic heterocycles. The van der Waals surface area contributed by atoms with E-state index in [1.165, 1.54) is 6.20 Å². The predicted octanol–water partition coefficient (Wildman–Crippen LogP) is 1.87. The molecule has 0 atom stereocenters. The van der Waals surface area contributed by atoms with Crippen molar-refractivity contribution < 1.29 is 9.52 Å². The van der Waals surface area contributed by atoms with Crippen LogP contribution in [0.4, 0.5) is 0 Å². The van der Waals surface area contributed by atoms with Crippen molar-refractivity contribution in [3.05, 3.63) is 33.2 Å². The minimum Gasteiger partial charge on any atom is -0.618 e. The second-order valence-corrected chi connectivity index (χ2v) is 4.32. The van der Waals surface area contributed by atoms with E-state index in [2.05, 4.69) is 15.9 Å². The Morgan fingerprint density at radius 1 is 1.50 bits per heavy atom. The van der Waals surface area contributed by atoms with Crippen LogP contribution in [0.1, 0.15) is 29.9 Å². The molecule has 0 radical (unpaired) electrons. The van der Waals surface area contributed by atoms with Crippen LogP contribution in [0, 0.1) is 12.1 Å². The zero-order valence-electron chi connectivity index (χ0n) is 9.66. The van der Waals surface area contributed by atoms with Gasteiger partial charge in [0.15, 0.2) is 6.20 Å². The Kier molecular flexibility index (Phi) is 4.29. The average molecular weight is 287 g/mol. The number of carbonyl (C=O) groups excluding carboxylic acids is 1. The highest BCUT2D eigenvalue weighted by Crippen LogP contribution is 2.15. The van der Waals surface area contributed by atoms with Crippen molar-refractivity contribution in [2.75, 3.05) is 13.1 Å². The number of aromatic nitrogens is 1. The molecule has 0 bridgehead atoms. The first-order valence-corrected chi connectivity index (χ1v) is 5.99. The molecule has 5 heteroatoms. The highest BCUT2D eigenvalue weighted by atomic mass is 79.9. The van der Waals surface area contributed by atoms with E-state index in [-0.39, 0.29) is 5.91 Å². The van der Waals surface area contributed by atoms with E-state index in [1.807, 2.05) is 13.8 Å². The number of halogens is 1. The molecule has 0 aromatic carbocycles. The van der Waals surface area contributed by atoms with Gasteiger partial charge in [-0.2, -0.15) is 4.73 Å². The Bertz CT molecular complexity index is 380. The molecule has 1 aromatic heterocycles. The second kappa shape index (κ2) is 5.30. The van der Waals surface area contributed by atoms with Gasteiger partial charge in [-0.25, -0.2) is 0 Å². The Morgan fingerprint density at radius 2 is 2.06 bits per heavy atom. The van der Waals surface area contributed by atoms with Crippen molar-refractivity contribution in [3.8, 4) is 0 Å². The molecule has 0 aliphatic rings. The minimum absolute atomic E-state index is 0.115. The molecule has 1 rings (SSSR count). The second-order valence-electron chi connectivity index (χ2n) is 3.47. The van der Waals surface area contributed by atoms with Gasteiger partial charge >= 0.3 is 0 Å². The summed E-state index contributed by atoms with van der Waals surface area (Å²) in [6.07, 6.45) is 1.32. The van der Waals surface area contributed by atoms with Crippen LogP contribution in [-0.2, 0) is 0 Å². The van der Waals surface area contributed by atoms with Gasteiger partial charge in [0.1, 0.15) is 5.56 Å². The molecule has 0 saturated carbocycles. The summed E-state index contributed by atoms with van der Waals surface area (Å²) >= 11 is 3.27. The summed E-state index contributed by atoms with van der Waals surface area (Å²) in [4.78, 5) is 13.7. The number of hydrogen-bond acceptors (Lipinski definition) is 2. The number of nitrogens with zero attached hydrogens (tertiary/aromatic N) is 2. The molecule has 0 aliphatic carbocycles. The third kappa shape index (κ3) is 2.52. The topological polar surface area (TPSA) is 47.2 Å². The Labute approximate surface area is 104 Å². The van der Waals surface area contributed by atoms with Gasteiger partial charge in [0.2, 0.25) is 5.69 Å². The van der Waals surface area contributed by atoms with Crippen LogP contribution >= 0.6 is 15.9 Å². The van der Waals surface area contributed by atoms with Crippen molar-refractivity contribution in [1.82, 2.24) is 4.90 Å². The fourth-order valence-corrected chi connectivity index (χ4v) is 1.84. The summed E-state index contributed by atoms with van der Waals surface area (Å²) in [6.45, 7) is 6.80. The minimum atomic E-state index is -0.115. The van der Waals surface area contributed by atoms with Gasteiger partial charge in [0.05, 0.1) is 4.47 Å². The molecule has 16 heavy (non-hydrogen) atoms. The Morgan fingerprint density at radius 3 is 2.50 bits per heavy atom. The number of hydrogen-bond donors (Lipinski definition) is 0. The maximum atomic E-state index is 12.0. The van der Waals surface area contributed by atoms with Gasteiger partial charge in [0.25, 0.3) is 5.91 Å². The summed E-state index contributed by atoms with van der Waals surface area (Å²) in [5.74, 6) is -0.115. The summed E-state index contributed by atoms with van der Waals surface area (Å²) in [6, 6.07) is 1.68. The molecule has 1 amide bonds. The lowest BCUT2D eigenvalue weighted by Gasteiger charge is -2.18. The predicted molar refractivity (Wildman–Crippen MR) is 65.1 cm³/mol. The molecule has 1 heterocycles. The molecule has 0 unspecified atom stereocenters. The third-order valence-corrected chi connectivity index (χ3v) is 3.32. The van der Waals surface area contributed by atoms with E-state index < -0.39 is 0 Å². The first kappa shape index (κ1) is 13.0. The van der Waals surface area contributed by atoms with Crippen molar-refractivity contribution in [3.63, 3.8) is 0 Å². The summed E-state index contributed by atoms with van der Waals surface area (Å²) in [5, 5.41) is 11.5. The summed E-state index contributed by atoms with van der Waals surface area (Å²) in [5.41, 5.74) is 0.965. The molecular weight excluding hydrogens is 272 g/mol. The zero-order valence-corrected chi connectivity index (χ0v) is 11.2. The molecule has 0 spiro atoms. The standard InChI is InChI=1S/C11H15BrN2O2/c1-4-13(5-2)11(15)9-6-10(12)8(3)14(16)7-9/h6-7H,4-5H2,1-3H3.